The minimum Gasteiger partial charge on any atom is -0.870 e. The molecule has 0 saturated heterocycles. The van der Waals surface area contributed by atoms with Gasteiger partial charge in [-0.2, -0.15) is 0 Å². The zero-order valence-electron chi connectivity index (χ0n) is 18.0. The first-order valence-corrected chi connectivity index (χ1v) is 10.5. The van der Waals surface area contributed by atoms with E-state index in [2.05, 4.69) is 103 Å². The molecule has 3 aromatic carbocycles. The van der Waals surface area contributed by atoms with E-state index in [1.54, 1.807) is 24.5 Å². The van der Waals surface area contributed by atoms with Gasteiger partial charge in [0.05, 0.1) is 6.54 Å². The Kier molecular flexibility index (Phi) is 9.43. The van der Waals surface area contributed by atoms with Gasteiger partial charge in [-0.25, -0.2) is 4.48 Å². The second kappa shape index (κ2) is 12.3. The third-order valence-electron chi connectivity index (χ3n) is 5.14. The summed E-state index contributed by atoms with van der Waals surface area (Å²) in [6.07, 6.45) is 5.69. The summed E-state index contributed by atoms with van der Waals surface area (Å²) in [5.74, 6) is 0. The van der Waals surface area contributed by atoms with Crippen molar-refractivity contribution in [2.75, 3.05) is 12.3 Å². The van der Waals surface area contributed by atoms with Crippen molar-refractivity contribution in [2.24, 2.45) is 0 Å². The molecule has 0 amide bonds. The Morgan fingerprint density at radius 2 is 1.03 bits per heavy atom. The van der Waals surface area contributed by atoms with E-state index >= 15 is 0 Å². The second-order valence-electron chi connectivity index (χ2n) is 7.17. The first-order valence-electron chi connectivity index (χ1n) is 10.5. The van der Waals surface area contributed by atoms with E-state index in [1.165, 1.54) is 29.9 Å². The Hall–Kier alpha value is -3.47. The second-order valence-corrected chi connectivity index (χ2v) is 7.17. The van der Waals surface area contributed by atoms with Crippen LogP contribution in [0.4, 0.5) is 22.7 Å². The lowest BCUT2D eigenvalue weighted by Gasteiger charge is -2.37. The molecule has 0 atom stereocenters. The Morgan fingerprint density at radius 1 is 0.645 bits per heavy atom. The van der Waals surface area contributed by atoms with Gasteiger partial charge in [-0.05, 0) is 55.0 Å². The molecule has 0 radical (unpaired) electrons. The summed E-state index contributed by atoms with van der Waals surface area (Å²) in [5.41, 5.74) is 10.0. The highest BCUT2D eigenvalue weighted by molar-refractivity contribution is 5.70. The van der Waals surface area contributed by atoms with Crippen molar-refractivity contribution in [3.05, 3.63) is 116 Å². The maximum atomic E-state index is 5.32. The number of nitrogens with zero attached hydrogens (tertiary/aromatic N) is 2. The molecule has 0 fully saturated rings. The van der Waals surface area contributed by atoms with Crippen molar-refractivity contribution in [3.8, 4) is 0 Å². The number of hydrogen-bond acceptors (Lipinski definition) is 3. The number of nitrogen functional groups attached to an aromatic ring is 1. The van der Waals surface area contributed by atoms with Gasteiger partial charge in [0.15, 0.2) is 0 Å². The molecule has 0 aliphatic rings. The lowest BCUT2D eigenvalue weighted by atomic mass is 10.1. The number of quaternary nitrogens is 1. The molecule has 0 spiro atoms. The largest absolute Gasteiger partial charge is 0.870 e. The van der Waals surface area contributed by atoms with Gasteiger partial charge in [0.25, 0.3) is 0 Å². The van der Waals surface area contributed by atoms with Crippen LogP contribution in [0.3, 0.4) is 0 Å². The fourth-order valence-corrected chi connectivity index (χ4v) is 3.64. The zero-order chi connectivity index (χ0) is 21.1. The summed E-state index contributed by atoms with van der Waals surface area (Å²) in [6.45, 7) is 3.32. The highest BCUT2D eigenvalue weighted by atomic mass is 16.0. The average molecular weight is 414 g/mol. The third-order valence-corrected chi connectivity index (χ3v) is 5.14. The molecule has 0 aliphatic heterocycles. The molecular formula is C27H31N3O. The Balaban J connectivity index is 0.000000364. The number of anilines is 1. The Labute approximate surface area is 185 Å². The molecule has 4 rings (SSSR count). The lowest BCUT2D eigenvalue weighted by molar-refractivity contribution is 0.495. The number of nitrogens with two attached hydrogens (primary N) is 1. The minimum absolute atomic E-state index is 0. The van der Waals surface area contributed by atoms with Crippen LogP contribution < -0.4 is 10.2 Å². The number of pyridine rings is 1. The molecule has 31 heavy (non-hydrogen) atoms. The van der Waals surface area contributed by atoms with Crippen LogP contribution in [0.5, 0.6) is 0 Å². The zero-order valence-corrected chi connectivity index (χ0v) is 18.0. The van der Waals surface area contributed by atoms with Gasteiger partial charge in [-0.3, -0.25) is 4.98 Å². The number of aromatic nitrogens is 1. The topological polar surface area (TPSA) is 68.9 Å². The predicted octanol–water partition coefficient (Wildman–Crippen LogP) is 6.94. The monoisotopic (exact) mass is 413 g/mol. The van der Waals surface area contributed by atoms with Crippen molar-refractivity contribution in [1.82, 2.24) is 9.47 Å². The van der Waals surface area contributed by atoms with Crippen LogP contribution in [0, 0.1) is 0 Å². The Bertz CT molecular complexity index is 881. The van der Waals surface area contributed by atoms with Crippen molar-refractivity contribution in [3.63, 3.8) is 0 Å². The van der Waals surface area contributed by atoms with Crippen LogP contribution in [-0.4, -0.2) is 17.0 Å². The molecule has 4 heteroatoms. The van der Waals surface area contributed by atoms with E-state index in [4.69, 9.17) is 5.73 Å². The molecule has 4 aromatic rings. The van der Waals surface area contributed by atoms with Crippen LogP contribution in [0.2, 0.25) is 0 Å². The van der Waals surface area contributed by atoms with Crippen LogP contribution in [0.15, 0.2) is 116 Å². The lowest BCUT2D eigenvalue weighted by Crippen LogP contribution is -2.39. The smallest absolute Gasteiger partial charge is 0.143 e. The minimum atomic E-state index is 0. The van der Waals surface area contributed by atoms with Crippen LogP contribution in [0.25, 0.3) is 0 Å². The van der Waals surface area contributed by atoms with Gasteiger partial charge in [-0.1, -0.05) is 67.9 Å². The average Bonchev–Trinajstić information content (AvgIpc) is 2.83. The molecule has 0 unspecified atom stereocenters. The quantitative estimate of drug-likeness (QED) is 0.348. The van der Waals surface area contributed by atoms with E-state index in [0.29, 0.717) is 0 Å². The van der Waals surface area contributed by atoms with Gasteiger partial charge in [0.1, 0.15) is 17.1 Å². The highest BCUT2D eigenvalue weighted by Crippen LogP contribution is 2.43. The van der Waals surface area contributed by atoms with Crippen LogP contribution in [-0.2, 0) is 0 Å². The van der Waals surface area contributed by atoms with E-state index in [-0.39, 0.29) is 5.48 Å². The SMILES string of the molecule is CCCC[N+](c1ccccc1)(c1ccccc1)c1ccccc1.Nc1ccncc1.[OH-]. The Morgan fingerprint density at radius 3 is 1.32 bits per heavy atom. The van der Waals surface area contributed by atoms with Crippen LogP contribution in [0.1, 0.15) is 19.8 Å². The summed E-state index contributed by atoms with van der Waals surface area (Å²) < 4.78 is 0.774. The number of benzene rings is 3. The fourth-order valence-electron chi connectivity index (χ4n) is 3.64. The predicted molar refractivity (Wildman–Crippen MR) is 131 cm³/mol. The number of hydrogen-bond donors (Lipinski definition) is 1. The van der Waals surface area contributed by atoms with Gasteiger partial charge in [0, 0.05) is 18.1 Å². The van der Waals surface area contributed by atoms with Crippen molar-refractivity contribution < 1.29 is 5.48 Å². The van der Waals surface area contributed by atoms with E-state index in [1.807, 2.05) is 0 Å². The van der Waals surface area contributed by atoms with Gasteiger partial charge < -0.3 is 11.2 Å². The molecule has 1 heterocycles. The van der Waals surface area contributed by atoms with E-state index < -0.39 is 0 Å². The first-order chi connectivity index (χ1) is 14.8. The van der Waals surface area contributed by atoms with E-state index in [9.17, 15) is 0 Å². The molecule has 4 nitrogen and oxygen atoms in total. The van der Waals surface area contributed by atoms with E-state index in [0.717, 1.165) is 16.7 Å². The molecular weight excluding hydrogens is 382 g/mol. The highest BCUT2D eigenvalue weighted by Gasteiger charge is 2.35. The number of rotatable bonds is 6. The summed E-state index contributed by atoms with van der Waals surface area (Å²) in [7, 11) is 0. The normalized spacial score (nSPS) is 10.4. The fraction of sp³-hybridized carbons (Fsp3) is 0.148. The van der Waals surface area contributed by atoms with Crippen molar-refractivity contribution in [2.45, 2.75) is 19.8 Å². The summed E-state index contributed by atoms with van der Waals surface area (Å²) >= 11 is 0. The molecule has 0 bridgehead atoms. The summed E-state index contributed by atoms with van der Waals surface area (Å²) in [4.78, 5) is 3.77. The van der Waals surface area contributed by atoms with Gasteiger partial charge >= 0.3 is 0 Å². The van der Waals surface area contributed by atoms with Crippen molar-refractivity contribution >= 4 is 22.7 Å². The summed E-state index contributed by atoms with van der Waals surface area (Å²) in [5, 5.41) is 0. The number of para-hydroxylation sites is 3. The standard InChI is InChI=1S/C22H24N.C5H6N2.H2O/c1-2-3-19-23(20-13-7-4-8-14-20,21-15-9-5-10-16-21)22-17-11-6-12-18-22;6-5-1-3-7-4-2-5;/h4-18H,2-3,19H2,1H3;1-4H,(H2,6,7);1H2/q+1;;/p-1. The molecule has 1 aromatic heterocycles. The van der Waals surface area contributed by atoms with Gasteiger partial charge in [0.2, 0.25) is 0 Å². The van der Waals surface area contributed by atoms with Crippen LogP contribution >= 0.6 is 0 Å². The molecule has 0 saturated carbocycles. The maximum Gasteiger partial charge on any atom is 0.143 e. The number of unbranched alkanes of at least 4 members (excludes halogenated alkanes) is 1. The maximum absolute atomic E-state index is 5.32. The molecule has 0 aliphatic carbocycles. The molecule has 3 N–H and O–H groups in total. The summed E-state index contributed by atoms with van der Waals surface area (Å²) in [6, 6.07) is 36.1. The molecule has 160 valence electrons. The van der Waals surface area contributed by atoms with Gasteiger partial charge in [-0.15, -0.1) is 0 Å². The first kappa shape index (κ1) is 23.8. The van der Waals surface area contributed by atoms with Crippen molar-refractivity contribution in [1.29, 1.82) is 0 Å². The third kappa shape index (κ3) is 6.01.